The van der Waals surface area contributed by atoms with Crippen molar-refractivity contribution in [1.29, 1.82) is 0 Å². The Balaban J connectivity index is 1.18. The second kappa shape index (κ2) is 6.65. The van der Waals surface area contributed by atoms with Crippen molar-refractivity contribution in [1.82, 2.24) is 9.55 Å². The lowest BCUT2D eigenvalue weighted by atomic mass is 9.30. The minimum Gasteiger partial charge on any atom is -0.341 e. The van der Waals surface area contributed by atoms with Gasteiger partial charge in [-0.25, -0.2) is 0 Å². The number of Topliss-reactive ketones (excluding diaryl/α,β-unsaturated/α-hetero) is 2. The summed E-state index contributed by atoms with van der Waals surface area (Å²) in [4.78, 5) is 30.6. The van der Waals surface area contributed by atoms with Crippen LogP contribution in [-0.2, 0) is 11.3 Å². The van der Waals surface area contributed by atoms with Crippen molar-refractivity contribution in [3.05, 3.63) is 78.1 Å². The van der Waals surface area contributed by atoms with Crippen LogP contribution in [0, 0.1) is 16.2 Å². The molecule has 0 spiro atoms. The van der Waals surface area contributed by atoms with Crippen LogP contribution in [0.1, 0.15) is 61.5 Å². The van der Waals surface area contributed by atoms with Gasteiger partial charge in [0.2, 0.25) is 0 Å². The molecule has 2 heterocycles. The van der Waals surface area contributed by atoms with Gasteiger partial charge in [-0.15, -0.1) is 0 Å². The van der Waals surface area contributed by atoms with Crippen molar-refractivity contribution in [3.63, 3.8) is 0 Å². The Hall–Kier alpha value is -3.27. The van der Waals surface area contributed by atoms with Gasteiger partial charge in [0.25, 0.3) is 0 Å². The Kier molecular flexibility index (Phi) is 3.94. The third kappa shape index (κ3) is 2.68. The van der Waals surface area contributed by atoms with Gasteiger partial charge in [0.05, 0.1) is 23.3 Å². The van der Waals surface area contributed by atoms with E-state index in [1.807, 2.05) is 30.3 Å². The molecule has 4 aromatic rings. The van der Waals surface area contributed by atoms with Gasteiger partial charge in [0.15, 0.2) is 5.78 Å². The Labute approximate surface area is 199 Å². The van der Waals surface area contributed by atoms with Gasteiger partial charge in [-0.3, -0.25) is 14.6 Å². The number of nitrogens with zero attached hydrogens (tertiary/aromatic N) is 2. The van der Waals surface area contributed by atoms with E-state index in [1.54, 1.807) is 6.92 Å². The predicted molar refractivity (Wildman–Crippen MR) is 133 cm³/mol. The van der Waals surface area contributed by atoms with Crippen LogP contribution in [0.3, 0.4) is 0 Å². The van der Waals surface area contributed by atoms with Crippen LogP contribution >= 0.6 is 0 Å². The fourth-order valence-corrected chi connectivity index (χ4v) is 7.16. The van der Waals surface area contributed by atoms with Crippen LogP contribution in [0.25, 0.3) is 21.8 Å². The normalized spacial score (nSPS) is 26.1. The number of carbonyl (C=O) groups is 2. The summed E-state index contributed by atoms with van der Waals surface area (Å²) in [5.74, 6) is 0.595. The van der Waals surface area contributed by atoms with Gasteiger partial charge in [-0.2, -0.15) is 0 Å². The number of rotatable bonds is 7. The SMILES string of the molecule is CC(=O)C12CC(C3(CC(=O)c4cccc5ccn(Cc6ccc7ccccc7n6)c45)CC3)(C1)C2. The highest BCUT2D eigenvalue weighted by Crippen LogP contribution is 2.85. The number of hydrogen-bond acceptors (Lipinski definition) is 3. The molecule has 2 aromatic heterocycles. The fraction of sp³-hybridized carbons (Fsp3) is 0.367. The highest BCUT2D eigenvalue weighted by Gasteiger charge is 2.79. The van der Waals surface area contributed by atoms with Crippen LogP contribution in [-0.4, -0.2) is 21.1 Å². The van der Waals surface area contributed by atoms with E-state index < -0.39 is 0 Å². The Morgan fingerprint density at radius 1 is 0.912 bits per heavy atom. The number of para-hydroxylation sites is 2. The minimum atomic E-state index is -0.0415. The van der Waals surface area contributed by atoms with E-state index in [0.717, 1.165) is 65.2 Å². The Morgan fingerprint density at radius 3 is 2.44 bits per heavy atom. The third-order valence-corrected chi connectivity index (χ3v) is 9.33. The molecule has 2 bridgehead atoms. The van der Waals surface area contributed by atoms with Gasteiger partial charge in [0.1, 0.15) is 5.78 Å². The summed E-state index contributed by atoms with van der Waals surface area (Å²) in [6.45, 7) is 2.38. The van der Waals surface area contributed by atoms with Crippen molar-refractivity contribution in [2.75, 3.05) is 0 Å². The number of fused-ring (bicyclic) bond motifs is 2. The molecule has 170 valence electrons. The maximum atomic E-state index is 13.7. The zero-order valence-corrected chi connectivity index (χ0v) is 19.5. The van der Waals surface area contributed by atoms with E-state index in [9.17, 15) is 9.59 Å². The van der Waals surface area contributed by atoms with E-state index in [-0.39, 0.29) is 22.0 Å². The number of pyridine rings is 1. The van der Waals surface area contributed by atoms with Gasteiger partial charge < -0.3 is 4.57 Å². The molecule has 4 heteroatoms. The molecule has 0 aliphatic heterocycles. The molecule has 8 rings (SSSR count). The molecule has 4 aliphatic rings. The Morgan fingerprint density at radius 2 is 1.68 bits per heavy atom. The molecule has 2 aromatic carbocycles. The van der Waals surface area contributed by atoms with Crippen LogP contribution < -0.4 is 0 Å². The average Bonchev–Trinajstić information content (AvgIpc) is 3.42. The van der Waals surface area contributed by atoms with E-state index >= 15 is 0 Å². The van der Waals surface area contributed by atoms with Crippen molar-refractivity contribution < 1.29 is 9.59 Å². The quantitative estimate of drug-likeness (QED) is 0.310. The summed E-state index contributed by atoms with van der Waals surface area (Å²) >= 11 is 0. The van der Waals surface area contributed by atoms with Crippen LogP contribution in [0.15, 0.2) is 66.9 Å². The van der Waals surface area contributed by atoms with Gasteiger partial charge in [0, 0.05) is 34.4 Å². The first kappa shape index (κ1) is 20.1. The molecule has 34 heavy (non-hydrogen) atoms. The smallest absolute Gasteiger partial charge is 0.165 e. The largest absolute Gasteiger partial charge is 0.341 e. The standard InChI is InChI=1S/C30H28N2O2/c1-20(33)28-17-30(18-28,19-28)29(12-13-29)15-26(34)24-7-4-6-22-11-14-32(27(22)24)16-23-10-9-21-5-2-3-8-25(21)31-23/h2-11,14H,12-13,15-19H2,1H3. The molecule has 4 aliphatic carbocycles. The van der Waals surface area contributed by atoms with Crippen LogP contribution in [0.2, 0.25) is 0 Å². The van der Waals surface area contributed by atoms with E-state index in [0.29, 0.717) is 18.7 Å². The van der Waals surface area contributed by atoms with Gasteiger partial charge in [-0.1, -0.05) is 36.4 Å². The first-order chi connectivity index (χ1) is 16.4. The summed E-state index contributed by atoms with van der Waals surface area (Å²) < 4.78 is 2.17. The first-order valence-corrected chi connectivity index (χ1v) is 12.4. The number of benzene rings is 2. The molecule has 0 unspecified atom stereocenters. The zero-order chi connectivity index (χ0) is 23.1. The number of aromatic nitrogens is 2. The van der Waals surface area contributed by atoms with Crippen molar-refractivity contribution >= 4 is 33.4 Å². The molecule has 4 nitrogen and oxygen atoms in total. The maximum absolute atomic E-state index is 13.7. The fourth-order valence-electron chi connectivity index (χ4n) is 7.16. The second-order valence-corrected chi connectivity index (χ2v) is 11.2. The van der Waals surface area contributed by atoms with E-state index in [4.69, 9.17) is 4.98 Å². The molecule has 0 saturated heterocycles. The topological polar surface area (TPSA) is 52.0 Å². The lowest BCUT2D eigenvalue weighted by Crippen LogP contribution is -2.68. The van der Waals surface area contributed by atoms with Gasteiger partial charge >= 0.3 is 0 Å². The third-order valence-electron chi connectivity index (χ3n) is 9.33. The number of ketones is 2. The van der Waals surface area contributed by atoms with Crippen LogP contribution in [0.4, 0.5) is 0 Å². The summed E-state index contributed by atoms with van der Waals surface area (Å²) in [5.41, 5.74) is 4.14. The molecular weight excluding hydrogens is 420 g/mol. The van der Waals surface area contributed by atoms with Crippen LogP contribution in [0.5, 0.6) is 0 Å². The number of hydrogen-bond donors (Lipinski definition) is 0. The van der Waals surface area contributed by atoms with Crippen molar-refractivity contribution in [2.24, 2.45) is 16.2 Å². The molecule has 0 radical (unpaired) electrons. The minimum absolute atomic E-state index is 0.0415. The molecule has 0 atom stereocenters. The van der Waals surface area contributed by atoms with E-state index in [1.165, 1.54) is 0 Å². The first-order valence-electron chi connectivity index (χ1n) is 12.4. The van der Waals surface area contributed by atoms with Crippen molar-refractivity contribution in [3.8, 4) is 0 Å². The molecular formula is C30H28N2O2. The second-order valence-electron chi connectivity index (χ2n) is 11.2. The summed E-state index contributed by atoms with van der Waals surface area (Å²) in [7, 11) is 0. The van der Waals surface area contributed by atoms with E-state index in [2.05, 4.69) is 41.1 Å². The zero-order valence-electron chi connectivity index (χ0n) is 19.5. The van der Waals surface area contributed by atoms with Gasteiger partial charge in [-0.05, 0) is 74.1 Å². The molecule has 4 fully saturated rings. The maximum Gasteiger partial charge on any atom is 0.165 e. The molecule has 4 saturated carbocycles. The lowest BCUT2D eigenvalue weighted by Gasteiger charge is -2.73. The summed E-state index contributed by atoms with van der Waals surface area (Å²) in [5, 5.41) is 2.23. The molecule has 0 amide bonds. The molecule has 0 N–H and O–H groups in total. The highest BCUT2D eigenvalue weighted by molar-refractivity contribution is 6.07. The summed E-state index contributed by atoms with van der Waals surface area (Å²) in [6.07, 6.45) is 7.97. The predicted octanol–water partition coefficient (Wildman–Crippen LogP) is 6.35. The number of carbonyl (C=O) groups excluding carboxylic acids is 2. The Bertz CT molecular complexity index is 1490. The lowest BCUT2D eigenvalue weighted by molar-refractivity contribution is -0.233. The highest BCUT2D eigenvalue weighted by atomic mass is 16.1. The average molecular weight is 449 g/mol. The monoisotopic (exact) mass is 448 g/mol. The summed E-state index contributed by atoms with van der Waals surface area (Å²) in [6, 6.07) is 20.5. The van der Waals surface area contributed by atoms with Crippen molar-refractivity contribution in [2.45, 2.75) is 52.0 Å².